The summed E-state index contributed by atoms with van der Waals surface area (Å²) in [6, 6.07) is 9.70. The highest BCUT2D eigenvalue weighted by molar-refractivity contribution is 6.03. The fourth-order valence-corrected chi connectivity index (χ4v) is 3.07. The van der Waals surface area contributed by atoms with Crippen LogP contribution in [0.4, 0.5) is 17.3 Å². The average molecular weight is 383 g/mol. The van der Waals surface area contributed by atoms with Crippen LogP contribution in [0.25, 0.3) is 0 Å². The standard InChI is InChI=1S/C21H30N6O/c1-15(2)14-22-21-23-16(3)13-19(25-21)20(28)24-17-5-7-18(8-6-17)27-11-9-26(4)10-12-27/h5-8,13,15H,9-12,14H2,1-4H3,(H,24,28)(H,22,23,25). The maximum Gasteiger partial charge on any atom is 0.274 e. The number of nitrogens with one attached hydrogen (secondary N) is 2. The molecule has 0 unspecified atom stereocenters. The number of likely N-dealkylation sites (N-methyl/N-ethyl adjacent to an activating group) is 1. The number of hydrogen-bond donors (Lipinski definition) is 2. The molecule has 1 amide bonds. The molecule has 7 heteroatoms. The van der Waals surface area contributed by atoms with E-state index in [0.29, 0.717) is 17.6 Å². The van der Waals surface area contributed by atoms with E-state index in [2.05, 4.69) is 63.4 Å². The third-order valence-electron chi connectivity index (χ3n) is 4.75. The van der Waals surface area contributed by atoms with Crippen molar-refractivity contribution in [2.24, 2.45) is 5.92 Å². The molecule has 1 aliphatic heterocycles. The molecule has 1 aliphatic rings. The number of rotatable bonds is 6. The second-order valence-electron chi connectivity index (χ2n) is 7.78. The molecule has 150 valence electrons. The molecule has 1 fully saturated rings. The molecule has 0 spiro atoms. The first-order chi connectivity index (χ1) is 13.4. The SMILES string of the molecule is Cc1cc(C(=O)Nc2ccc(N3CCN(C)CC3)cc2)nc(NCC(C)C)n1. The van der Waals surface area contributed by atoms with Gasteiger partial charge in [0.15, 0.2) is 0 Å². The van der Waals surface area contributed by atoms with Crippen LogP contribution in [-0.2, 0) is 0 Å². The van der Waals surface area contributed by atoms with Crippen molar-refractivity contribution >= 4 is 23.2 Å². The van der Waals surface area contributed by atoms with E-state index in [9.17, 15) is 4.79 Å². The lowest BCUT2D eigenvalue weighted by molar-refractivity contribution is 0.102. The molecule has 0 aliphatic carbocycles. The number of carbonyl (C=O) groups is 1. The number of benzene rings is 1. The fraction of sp³-hybridized carbons (Fsp3) is 0.476. The van der Waals surface area contributed by atoms with Gasteiger partial charge in [-0.1, -0.05) is 13.8 Å². The van der Waals surface area contributed by atoms with Gasteiger partial charge in [-0.05, 0) is 50.2 Å². The fourth-order valence-electron chi connectivity index (χ4n) is 3.07. The first-order valence-electron chi connectivity index (χ1n) is 9.85. The van der Waals surface area contributed by atoms with Gasteiger partial charge in [0.05, 0.1) is 0 Å². The Morgan fingerprint density at radius 2 is 1.79 bits per heavy atom. The van der Waals surface area contributed by atoms with E-state index in [-0.39, 0.29) is 5.91 Å². The molecular weight excluding hydrogens is 352 g/mol. The molecule has 2 N–H and O–H groups in total. The van der Waals surface area contributed by atoms with Crippen LogP contribution in [0.2, 0.25) is 0 Å². The van der Waals surface area contributed by atoms with Crippen LogP contribution >= 0.6 is 0 Å². The maximum atomic E-state index is 12.6. The number of aromatic nitrogens is 2. The average Bonchev–Trinajstić information content (AvgIpc) is 2.67. The Bertz CT molecular complexity index is 797. The Kier molecular flexibility index (Phi) is 6.46. The Balaban J connectivity index is 1.64. The van der Waals surface area contributed by atoms with Gasteiger partial charge in [-0.2, -0.15) is 0 Å². The largest absolute Gasteiger partial charge is 0.369 e. The lowest BCUT2D eigenvalue weighted by atomic mass is 10.2. The number of aryl methyl sites for hydroxylation is 1. The van der Waals surface area contributed by atoms with Crippen molar-refractivity contribution in [3.63, 3.8) is 0 Å². The number of hydrogen-bond acceptors (Lipinski definition) is 6. The number of anilines is 3. The monoisotopic (exact) mass is 382 g/mol. The van der Waals surface area contributed by atoms with Gasteiger partial charge in [0.2, 0.25) is 5.95 Å². The summed E-state index contributed by atoms with van der Waals surface area (Å²) < 4.78 is 0. The minimum atomic E-state index is -0.231. The molecule has 0 saturated carbocycles. The molecule has 1 aromatic carbocycles. The van der Waals surface area contributed by atoms with Crippen molar-refractivity contribution in [3.8, 4) is 0 Å². The molecule has 0 atom stereocenters. The van der Waals surface area contributed by atoms with E-state index in [1.54, 1.807) is 6.07 Å². The van der Waals surface area contributed by atoms with E-state index in [4.69, 9.17) is 0 Å². The number of nitrogens with zero attached hydrogens (tertiary/aromatic N) is 4. The normalized spacial score (nSPS) is 15.0. The van der Waals surface area contributed by atoms with E-state index >= 15 is 0 Å². The van der Waals surface area contributed by atoms with Gasteiger partial charge in [-0.15, -0.1) is 0 Å². The van der Waals surface area contributed by atoms with Gasteiger partial charge >= 0.3 is 0 Å². The van der Waals surface area contributed by atoms with Crippen LogP contribution in [0.5, 0.6) is 0 Å². The summed E-state index contributed by atoms with van der Waals surface area (Å²) in [4.78, 5) is 26.0. The lowest BCUT2D eigenvalue weighted by Crippen LogP contribution is -2.44. The minimum Gasteiger partial charge on any atom is -0.369 e. The molecular formula is C21H30N6O. The molecule has 1 saturated heterocycles. The molecule has 7 nitrogen and oxygen atoms in total. The summed E-state index contributed by atoms with van der Waals surface area (Å²) in [6.45, 7) is 11.0. The summed E-state index contributed by atoms with van der Waals surface area (Å²) in [6.07, 6.45) is 0. The van der Waals surface area contributed by atoms with E-state index < -0.39 is 0 Å². The molecule has 3 rings (SSSR count). The van der Waals surface area contributed by atoms with Gasteiger partial charge in [0, 0.05) is 49.8 Å². The van der Waals surface area contributed by atoms with Gasteiger partial charge in [0.25, 0.3) is 5.91 Å². The first-order valence-corrected chi connectivity index (χ1v) is 9.85. The van der Waals surface area contributed by atoms with Crippen molar-refractivity contribution in [2.45, 2.75) is 20.8 Å². The molecule has 1 aromatic heterocycles. The molecule has 28 heavy (non-hydrogen) atoms. The van der Waals surface area contributed by atoms with Crippen molar-refractivity contribution in [3.05, 3.63) is 41.7 Å². The van der Waals surface area contributed by atoms with E-state index in [1.807, 2.05) is 19.1 Å². The number of carbonyl (C=O) groups excluding carboxylic acids is 1. The van der Waals surface area contributed by atoms with Gasteiger partial charge in [-0.25, -0.2) is 9.97 Å². The Labute approximate surface area is 167 Å². The van der Waals surface area contributed by atoms with Crippen LogP contribution in [0.1, 0.15) is 30.0 Å². The highest BCUT2D eigenvalue weighted by atomic mass is 16.1. The zero-order valence-corrected chi connectivity index (χ0v) is 17.2. The molecule has 2 heterocycles. The highest BCUT2D eigenvalue weighted by Gasteiger charge is 2.15. The van der Waals surface area contributed by atoms with E-state index in [0.717, 1.165) is 44.1 Å². The topological polar surface area (TPSA) is 73.4 Å². The van der Waals surface area contributed by atoms with Crippen molar-refractivity contribution in [1.82, 2.24) is 14.9 Å². The van der Waals surface area contributed by atoms with Crippen molar-refractivity contribution < 1.29 is 4.79 Å². The van der Waals surface area contributed by atoms with Crippen LogP contribution in [0.3, 0.4) is 0 Å². The number of amides is 1. The van der Waals surface area contributed by atoms with Crippen LogP contribution in [0.15, 0.2) is 30.3 Å². The summed E-state index contributed by atoms with van der Waals surface area (Å²) in [7, 11) is 2.15. The summed E-state index contributed by atoms with van der Waals surface area (Å²) in [5, 5.41) is 6.11. The predicted octanol–water partition coefficient (Wildman–Crippen LogP) is 2.86. The van der Waals surface area contributed by atoms with Crippen LogP contribution in [-0.4, -0.2) is 60.5 Å². The summed E-state index contributed by atoms with van der Waals surface area (Å²) in [5.74, 6) is 0.731. The molecule has 0 bridgehead atoms. The van der Waals surface area contributed by atoms with Crippen molar-refractivity contribution in [2.75, 3.05) is 55.3 Å². The van der Waals surface area contributed by atoms with E-state index in [1.165, 1.54) is 5.69 Å². The predicted molar refractivity (Wildman–Crippen MR) is 114 cm³/mol. The Hall–Kier alpha value is -2.67. The third-order valence-corrected chi connectivity index (χ3v) is 4.75. The third kappa shape index (κ3) is 5.42. The lowest BCUT2D eigenvalue weighted by Gasteiger charge is -2.34. The van der Waals surface area contributed by atoms with Crippen LogP contribution < -0.4 is 15.5 Å². The first kappa shape index (κ1) is 20.1. The Morgan fingerprint density at radius 1 is 1.11 bits per heavy atom. The van der Waals surface area contributed by atoms with Gasteiger partial charge < -0.3 is 20.4 Å². The van der Waals surface area contributed by atoms with Gasteiger partial charge in [-0.3, -0.25) is 4.79 Å². The summed E-state index contributed by atoms with van der Waals surface area (Å²) >= 11 is 0. The zero-order chi connectivity index (χ0) is 20.1. The van der Waals surface area contributed by atoms with Crippen LogP contribution in [0, 0.1) is 12.8 Å². The Morgan fingerprint density at radius 3 is 2.43 bits per heavy atom. The second-order valence-corrected chi connectivity index (χ2v) is 7.78. The molecule has 0 radical (unpaired) electrons. The second kappa shape index (κ2) is 9.01. The molecule has 2 aromatic rings. The van der Waals surface area contributed by atoms with Crippen molar-refractivity contribution in [1.29, 1.82) is 0 Å². The highest BCUT2D eigenvalue weighted by Crippen LogP contribution is 2.20. The quantitative estimate of drug-likeness (QED) is 0.800. The maximum absolute atomic E-state index is 12.6. The summed E-state index contributed by atoms with van der Waals surface area (Å²) in [5.41, 5.74) is 3.07. The minimum absolute atomic E-state index is 0.231. The zero-order valence-electron chi connectivity index (χ0n) is 17.2. The van der Waals surface area contributed by atoms with Gasteiger partial charge in [0.1, 0.15) is 5.69 Å². The number of piperazine rings is 1. The smallest absolute Gasteiger partial charge is 0.274 e.